The normalized spacial score (nSPS) is 13.9. The maximum atomic E-state index is 12.2. The molecule has 0 aliphatic rings. The molecule has 2 atom stereocenters. The van der Waals surface area contributed by atoms with E-state index >= 15 is 0 Å². The fraction of sp³-hybridized carbons (Fsp3) is 0.353. The van der Waals surface area contributed by atoms with Crippen molar-refractivity contribution in [3.8, 4) is 0 Å². The van der Waals surface area contributed by atoms with Crippen LogP contribution < -0.4 is 5.32 Å². The molecule has 4 nitrogen and oxygen atoms in total. The molecule has 0 fully saturated rings. The average Bonchev–Trinajstić information content (AvgIpc) is 3.04. The molecule has 1 heterocycles. The van der Waals surface area contributed by atoms with Crippen LogP contribution in [0.25, 0.3) is 0 Å². The van der Waals surface area contributed by atoms with Crippen molar-refractivity contribution in [2.24, 2.45) is 0 Å². The largest absolute Gasteiger partial charge is 0.467 e. The molecule has 2 rings (SSSR count). The quantitative estimate of drug-likeness (QED) is 0.888. The van der Waals surface area contributed by atoms with Gasteiger partial charge in [-0.2, -0.15) is 0 Å². The molecule has 0 spiro atoms. The topological polar surface area (TPSA) is 45.5 Å². The second-order valence-electron chi connectivity index (χ2n) is 5.23. The highest BCUT2D eigenvalue weighted by Crippen LogP contribution is 2.20. The van der Waals surface area contributed by atoms with E-state index in [0.717, 1.165) is 5.76 Å². The molecule has 4 heteroatoms. The van der Waals surface area contributed by atoms with Gasteiger partial charge in [0.2, 0.25) is 5.91 Å². The molecule has 0 aliphatic heterocycles. The standard InChI is InChI=1S/C17H22N2O2/c1-13(15-8-5-4-6-9-15)19(3)14(2)17(20)18-12-16-10-7-11-21-16/h4-11,13-14H,12H2,1-3H3,(H,18,20)/t13-,14+/m1/s1. The van der Waals surface area contributed by atoms with Crippen molar-refractivity contribution in [3.05, 3.63) is 60.1 Å². The molecule has 1 aromatic heterocycles. The molecule has 1 N–H and O–H groups in total. The highest BCUT2D eigenvalue weighted by atomic mass is 16.3. The third-order valence-corrected chi connectivity index (χ3v) is 3.90. The summed E-state index contributed by atoms with van der Waals surface area (Å²) >= 11 is 0. The summed E-state index contributed by atoms with van der Waals surface area (Å²) < 4.78 is 5.21. The zero-order valence-corrected chi connectivity index (χ0v) is 12.7. The number of hydrogen-bond acceptors (Lipinski definition) is 3. The van der Waals surface area contributed by atoms with E-state index in [4.69, 9.17) is 4.42 Å². The molecule has 112 valence electrons. The van der Waals surface area contributed by atoms with Crippen molar-refractivity contribution in [3.63, 3.8) is 0 Å². The monoisotopic (exact) mass is 286 g/mol. The molecule has 2 aromatic rings. The van der Waals surface area contributed by atoms with Gasteiger partial charge in [-0.3, -0.25) is 9.69 Å². The second-order valence-corrected chi connectivity index (χ2v) is 5.23. The average molecular weight is 286 g/mol. The maximum Gasteiger partial charge on any atom is 0.237 e. The third-order valence-electron chi connectivity index (χ3n) is 3.90. The van der Waals surface area contributed by atoms with Crippen LogP contribution in [0.1, 0.15) is 31.2 Å². The lowest BCUT2D eigenvalue weighted by atomic mass is 10.1. The molecule has 0 aliphatic carbocycles. The SMILES string of the molecule is C[C@H](c1ccccc1)N(C)[C@@H](C)C(=O)NCc1ccco1. The van der Waals surface area contributed by atoms with Gasteiger partial charge in [-0.05, 0) is 38.6 Å². The lowest BCUT2D eigenvalue weighted by molar-refractivity contribution is -0.126. The number of nitrogens with zero attached hydrogens (tertiary/aromatic N) is 1. The number of hydrogen-bond donors (Lipinski definition) is 1. The van der Waals surface area contributed by atoms with E-state index < -0.39 is 0 Å². The summed E-state index contributed by atoms with van der Waals surface area (Å²) in [4.78, 5) is 14.3. The van der Waals surface area contributed by atoms with Crippen molar-refractivity contribution < 1.29 is 9.21 Å². The number of nitrogens with one attached hydrogen (secondary N) is 1. The Morgan fingerprint density at radius 1 is 1.19 bits per heavy atom. The molecule has 1 amide bonds. The number of benzene rings is 1. The molecular formula is C17H22N2O2. The number of carbonyl (C=O) groups is 1. The van der Waals surface area contributed by atoms with Crippen molar-refractivity contribution >= 4 is 5.91 Å². The van der Waals surface area contributed by atoms with Gasteiger partial charge in [0.25, 0.3) is 0 Å². The summed E-state index contributed by atoms with van der Waals surface area (Å²) in [5.74, 6) is 0.756. The minimum absolute atomic E-state index is 0.00307. The summed E-state index contributed by atoms with van der Waals surface area (Å²) in [6, 6.07) is 13.8. The van der Waals surface area contributed by atoms with Crippen molar-refractivity contribution in [1.29, 1.82) is 0 Å². The van der Waals surface area contributed by atoms with Gasteiger partial charge in [0, 0.05) is 6.04 Å². The molecule has 1 aromatic carbocycles. The van der Waals surface area contributed by atoms with Crippen LogP contribution in [0.3, 0.4) is 0 Å². The van der Waals surface area contributed by atoms with E-state index in [-0.39, 0.29) is 18.0 Å². The molecule has 0 radical (unpaired) electrons. The summed E-state index contributed by atoms with van der Waals surface area (Å²) in [6.45, 7) is 4.44. The van der Waals surface area contributed by atoms with Crippen LogP contribution in [0.15, 0.2) is 53.1 Å². The van der Waals surface area contributed by atoms with Crippen molar-refractivity contribution in [2.75, 3.05) is 7.05 Å². The molecule has 21 heavy (non-hydrogen) atoms. The van der Waals surface area contributed by atoms with Crippen molar-refractivity contribution in [2.45, 2.75) is 32.5 Å². The smallest absolute Gasteiger partial charge is 0.237 e. The first-order chi connectivity index (χ1) is 10.1. The van der Waals surface area contributed by atoms with Gasteiger partial charge in [-0.1, -0.05) is 30.3 Å². The number of likely N-dealkylation sites (N-methyl/N-ethyl adjacent to an activating group) is 1. The van der Waals surface area contributed by atoms with E-state index in [9.17, 15) is 4.79 Å². The van der Waals surface area contributed by atoms with Gasteiger partial charge in [0.1, 0.15) is 5.76 Å². The molecule has 0 saturated carbocycles. The zero-order chi connectivity index (χ0) is 15.2. The highest BCUT2D eigenvalue weighted by Gasteiger charge is 2.22. The van der Waals surface area contributed by atoms with Crippen LogP contribution >= 0.6 is 0 Å². The van der Waals surface area contributed by atoms with Crippen LogP contribution in [-0.4, -0.2) is 23.9 Å². The van der Waals surface area contributed by atoms with Gasteiger partial charge >= 0.3 is 0 Å². The highest BCUT2D eigenvalue weighted by molar-refractivity contribution is 5.81. The second kappa shape index (κ2) is 7.09. The Kier molecular flexibility index (Phi) is 5.17. The Morgan fingerprint density at radius 3 is 2.52 bits per heavy atom. The fourth-order valence-electron chi connectivity index (χ4n) is 2.22. The maximum absolute atomic E-state index is 12.2. The van der Waals surface area contributed by atoms with E-state index in [1.807, 2.05) is 44.3 Å². The molecule has 0 unspecified atom stereocenters. The van der Waals surface area contributed by atoms with E-state index in [0.29, 0.717) is 6.54 Å². The third kappa shape index (κ3) is 3.95. The van der Waals surface area contributed by atoms with Gasteiger partial charge in [0.05, 0.1) is 18.8 Å². The number of furan rings is 1. The van der Waals surface area contributed by atoms with E-state index in [1.54, 1.807) is 6.26 Å². The summed E-state index contributed by atoms with van der Waals surface area (Å²) in [5.41, 5.74) is 1.20. The minimum atomic E-state index is -0.213. The lowest BCUT2D eigenvalue weighted by Crippen LogP contribution is -2.43. The Labute approximate surface area is 125 Å². The van der Waals surface area contributed by atoms with Crippen LogP contribution in [0.5, 0.6) is 0 Å². The van der Waals surface area contributed by atoms with Crippen LogP contribution in [0.4, 0.5) is 0 Å². The van der Waals surface area contributed by atoms with Gasteiger partial charge in [-0.15, -0.1) is 0 Å². The van der Waals surface area contributed by atoms with Crippen molar-refractivity contribution in [1.82, 2.24) is 10.2 Å². The first kappa shape index (κ1) is 15.3. The summed E-state index contributed by atoms with van der Waals surface area (Å²) in [5, 5.41) is 2.90. The summed E-state index contributed by atoms with van der Waals surface area (Å²) in [7, 11) is 1.97. The predicted molar refractivity (Wildman–Crippen MR) is 82.6 cm³/mol. The molecule has 0 saturated heterocycles. The first-order valence-electron chi connectivity index (χ1n) is 7.16. The Morgan fingerprint density at radius 2 is 1.90 bits per heavy atom. The number of rotatable bonds is 6. The Hall–Kier alpha value is -2.07. The zero-order valence-electron chi connectivity index (χ0n) is 12.7. The number of carbonyl (C=O) groups excluding carboxylic acids is 1. The van der Waals surface area contributed by atoms with E-state index in [2.05, 4.69) is 29.3 Å². The fourth-order valence-corrected chi connectivity index (χ4v) is 2.22. The van der Waals surface area contributed by atoms with E-state index in [1.165, 1.54) is 5.56 Å². The summed E-state index contributed by atoms with van der Waals surface area (Å²) in [6.07, 6.45) is 1.61. The first-order valence-corrected chi connectivity index (χ1v) is 7.16. The molecule has 0 bridgehead atoms. The Bertz CT molecular complexity index is 551. The van der Waals surface area contributed by atoms with Gasteiger partial charge in [-0.25, -0.2) is 0 Å². The Balaban J connectivity index is 1.91. The van der Waals surface area contributed by atoms with Gasteiger partial charge in [0.15, 0.2) is 0 Å². The lowest BCUT2D eigenvalue weighted by Gasteiger charge is -2.30. The molecular weight excluding hydrogens is 264 g/mol. The van der Waals surface area contributed by atoms with Gasteiger partial charge < -0.3 is 9.73 Å². The van der Waals surface area contributed by atoms with Crippen LogP contribution in [0, 0.1) is 0 Å². The number of amides is 1. The minimum Gasteiger partial charge on any atom is -0.467 e. The van der Waals surface area contributed by atoms with Crippen LogP contribution in [0.2, 0.25) is 0 Å². The van der Waals surface area contributed by atoms with Crippen LogP contribution in [-0.2, 0) is 11.3 Å². The predicted octanol–water partition coefficient (Wildman–Crippen LogP) is 2.98.